The van der Waals surface area contributed by atoms with Crippen molar-refractivity contribution < 1.29 is 19.4 Å². The second kappa shape index (κ2) is 6.49. The summed E-state index contributed by atoms with van der Waals surface area (Å²) in [7, 11) is 1.49. The van der Waals surface area contributed by atoms with Gasteiger partial charge in [0.15, 0.2) is 0 Å². The average molecular weight is 309 g/mol. The fraction of sp³-hybridized carbons (Fsp3) is 0.467. The Morgan fingerprint density at radius 1 is 1.48 bits per heavy atom. The maximum Gasteiger partial charge on any atom is 0.305 e. The first-order chi connectivity index (χ1) is 9.95. The Morgan fingerprint density at radius 3 is 2.86 bits per heavy atom. The monoisotopic (exact) mass is 309 g/mol. The molecule has 5 nitrogen and oxygen atoms in total. The van der Waals surface area contributed by atoms with Crippen molar-refractivity contribution in [3.8, 4) is 0 Å². The third kappa shape index (κ3) is 3.77. The summed E-state index contributed by atoms with van der Waals surface area (Å²) < 4.78 is 5.06. The van der Waals surface area contributed by atoms with Gasteiger partial charge < -0.3 is 15.2 Å². The van der Waals surface area contributed by atoms with E-state index < -0.39 is 11.5 Å². The first-order valence-electron chi connectivity index (χ1n) is 6.70. The number of ether oxygens (including phenoxy) is 1. The third-order valence-corrected chi connectivity index (χ3v) is 4.63. The zero-order chi connectivity index (χ0) is 15.5. The molecular weight excluding hydrogens is 290 g/mol. The Balaban J connectivity index is 2.11. The molecular formula is C15H19NO4S. The number of aliphatic carboxylic acids is 1. The highest BCUT2D eigenvalue weighted by molar-refractivity contribution is 7.99. The van der Waals surface area contributed by atoms with E-state index in [1.807, 2.05) is 24.3 Å². The van der Waals surface area contributed by atoms with Crippen molar-refractivity contribution in [1.82, 2.24) is 5.32 Å². The molecule has 1 amide bonds. The summed E-state index contributed by atoms with van der Waals surface area (Å²) in [4.78, 5) is 24.6. The number of benzene rings is 1. The smallest absolute Gasteiger partial charge is 0.305 e. The van der Waals surface area contributed by atoms with E-state index in [1.54, 1.807) is 18.7 Å². The molecule has 0 aromatic heterocycles. The maximum absolute atomic E-state index is 12.5. The summed E-state index contributed by atoms with van der Waals surface area (Å²) in [6.07, 6.45) is -0.173. The Morgan fingerprint density at radius 2 is 2.19 bits per heavy atom. The number of amides is 1. The molecule has 0 fully saturated rings. The Bertz CT molecular complexity index is 548. The quantitative estimate of drug-likeness (QED) is 0.839. The second-order valence-electron chi connectivity index (χ2n) is 5.45. The molecule has 2 N–H and O–H groups in total. The number of carbonyl (C=O) groups excluding carboxylic acids is 1. The van der Waals surface area contributed by atoms with Crippen LogP contribution in [0.3, 0.4) is 0 Å². The SMILES string of the molecule is COCC(C)(CC(=O)O)NC(=O)C1CSc2ccccc21. The fourth-order valence-electron chi connectivity index (χ4n) is 2.55. The number of methoxy groups -OCH3 is 1. The molecule has 21 heavy (non-hydrogen) atoms. The average Bonchev–Trinajstić information content (AvgIpc) is 2.81. The number of carboxylic acid groups (broad SMARTS) is 1. The lowest BCUT2D eigenvalue weighted by Gasteiger charge is -2.29. The third-order valence-electron chi connectivity index (χ3n) is 3.45. The molecule has 0 radical (unpaired) electrons. The van der Waals surface area contributed by atoms with Gasteiger partial charge in [-0.15, -0.1) is 11.8 Å². The number of rotatable bonds is 6. The molecule has 0 aliphatic carbocycles. The van der Waals surface area contributed by atoms with Crippen molar-refractivity contribution >= 4 is 23.6 Å². The lowest BCUT2D eigenvalue weighted by Crippen LogP contribution is -2.52. The first-order valence-corrected chi connectivity index (χ1v) is 7.68. The van der Waals surface area contributed by atoms with Crippen LogP contribution < -0.4 is 5.32 Å². The van der Waals surface area contributed by atoms with Crippen molar-refractivity contribution in [2.45, 2.75) is 29.7 Å². The topological polar surface area (TPSA) is 75.6 Å². The van der Waals surface area contributed by atoms with Gasteiger partial charge in [0.05, 0.1) is 24.5 Å². The molecule has 1 heterocycles. The zero-order valence-electron chi connectivity index (χ0n) is 12.1. The summed E-state index contributed by atoms with van der Waals surface area (Å²) in [5.41, 5.74) is 0.106. The maximum atomic E-state index is 12.5. The van der Waals surface area contributed by atoms with Crippen LogP contribution in [-0.2, 0) is 14.3 Å². The van der Waals surface area contributed by atoms with Crippen LogP contribution >= 0.6 is 11.8 Å². The van der Waals surface area contributed by atoms with Gasteiger partial charge in [0, 0.05) is 17.8 Å². The van der Waals surface area contributed by atoms with E-state index in [-0.39, 0.29) is 24.9 Å². The molecule has 1 aliphatic heterocycles. The van der Waals surface area contributed by atoms with Gasteiger partial charge in [-0.3, -0.25) is 9.59 Å². The molecule has 1 aromatic carbocycles. The van der Waals surface area contributed by atoms with Gasteiger partial charge in [0.25, 0.3) is 0 Å². The first kappa shape index (κ1) is 15.9. The molecule has 2 unspecified atom stereocenters. The van der Waals surface area contributed by atoms with E-state index >= 15 is 0 Å². The largest absolute Gasteiger partial charge is 0.481 e. The Kier molecular flexibility index (Phi) is 4.90. The van der Waals surface area contributed by atoms with Gasteiger partial charge in [-0.1, -0.05) is 18.2 Å². The van der Waals surface area contributed by atoms with Gasteiger partial charge in [-0.05, 0) is 18.6 Å². The normalized spacial score (nSPS) is 19.6. The molecule has 0 saturated carbocycles. The molecule has 2 atom stereocenters. The van der Waals surface area contributed by atoms with Gasteiger partial charge in [-0.25, -0.2) is 0 Å². The summed E-state index contributed by atoms with van der Waals surface area (Å²) in [5.74, 6) is -0.665. The van der Waals surface area contributed by atoms with Crippen molar-refractivity contribution in [3.63, 3.8) is 0 Å². The van der Waals surface area contributed by atoms with Crippen LogP contribution in [0.15, 0.2) is 29.2 Å². The number of fused-ring (bicyclic) bond motifs is 1. The van der Waals surface area contributed by atoms with Crippen molar-refractivity contribution in [2.24, 2.45) is 0 Å². The van der Waals surface area contributed by atoms with Crippen LogP contribution in [0.5, 0.6) is 0 Å². The zero-order valence-corrected chi connectivity index (χ0v) is 12.9. The molecule has 0 spiro atoms. The van der Waals surface area contributed by atoms with Crippen LogP contribution in [0.25, 0.3) is 0 Å². The lowest BCUT2D eigenvalue weighted by molar-refractivity contribution is -0.139. The van der Waals surface area contributed by atoms with Crippen molar-refractivity contribution in [1.29, 1.82) is 0 Å². The molecule has 1 aliphatic rings. The standard InChI is InChI=1S/C15H19NO4S/c1-15(9-20-2,7-13(17)18)16-14(19)11-8-21-12-6-4-3-5-10(11)12/h3-6,11H,7-9H2,1-2H3,(H,16,19)(H,17,18). The van der Waals surface area contributed by atoms with E-state index in [1.165, 1.54) is 7.11 Å². The van der Waals surface area contributed by atoms with Crippen LogP contribution in [-0.4, -0.2) is 42.0 Å². The van der Waals surface area contributed by atoms with Crippen LogP contribution in [0, 0.1) is 0 Å². The summed E-state index contributed by atoms with van der Waals surface area (Å²) in [6, 6.07) is 7.81. The number of carboxylic acids is 1. The highest BCUT2D eigenvalue weighted by atomic mass is 32.2. The highest BCUT2D eigenvalue weighted by Gasteiger charge is 2.35. The van der Waals surface area contributed by atoms with Gasteiger partial charge >= 0.3 is 5.97 Å². The van der Waals surface area contributed by atoms with E-state index in [9.17, 15) is 9.59 Å². The minimum absolute atomic E-state index is 0.145. The van der Waals surface area contributed by atoms with E-state index in [0.29, 0.717) is 5.75 Å². The minimum Gasteiger partial charge on any atom is -0.481 e. The number of nitrogens with one attached hydrogen (secondary N) is 1. The molecule has 0 saturated heterocycles. The van der Waals surface area contributed by atoms with E-state index in [2.05, 4.69) is 5.32 Å². The molecule has 0 bridgehead atoms. The second-order valence-corrected chi connectivity index (χ2v) is 6.52. The number of carbonyl (C=O) groups is 2. The molecule has 2 rings (SSSR count). The predicted octanol–water partition coefficient (Wildman–Crippen LogP) is 1.87. The fourth-order valence-corrected chi connectivity index (χ4v) is 3.78. The predicted molar refractivity (Wildman–Crippen MR) is 80.6 cm³/mol. The Labute approximate surface area is 128 Å². The van der Waals surface area contributed by atoms with Crippen molar-refractivity contribution in [2.75, 3.05) is 19.5 Å². The van der Waals surface area contributed by atoms with Crippen molar-refractivity contribution in [3.05, 3.63) is 29.8 Å². The van der Waals surface area contributed by atoms with Crippen LogP contribution in [0.2, 0.25) is 0 Å². The lowest BCUT2D eigenvalue weighted by atomic mass is 9.95. The molecule has 6 heteroatoms. The molecule has 114 valence electrons. The highest BCUT2D eigenvalue weighted by Crippen LogP contribution is 2.39. The number of hydrogen-bond donors (Lipinski definition) is 2. The van der Waals surface area contributed by atoms with Crippen LogP contribution in [0.1, 0.15) is 24.8 Å². The molecule has 1 aromatic rings. The minimum atomic E-state index is -0.962. The van der Waals surface area contributed by atoms with E-state index in [4.69, 9.17) is 9.84 Å². The van der Waals surface area contributed by atoms with Gasteiger partial charge in [0.1, 0.15) is 0 Å². The Hall–Kier alpha value is -1.53. The van der Waals surface area contributed by atoms with Gasteiger partial charge in [-0.2, -0.15) is 0 Å². The van der Waals surface area contributed by atoms with Crippen LogP contribution in [0.4, 0.5) is 0 Å². The number of thioether (sulfide) groups is 1. The summed E-state index contributed by atoms with van der Waals surface area (Å²) in [5, 5.41) is 11.9. The summed E-state index contributed by atoms with van der Waals surface area (Å²) >= 11 is 1.65. The summed E-state index contributed by atoms with van der Waals surface area (Å²) in [6.45, 7) is 1.85. The van der Waals surface area contributed by atoms with Gasteiger partial charge in [0.2, 0.25) is 5.91 Å². The number of hydrogen-bond acceptors (Lipinski definition) is 4. The van der Waals surface area contributed by atoms with E-state index in [0.717, 1.165) is 10.5 Å².